The fourth-order valence-corrected chi connectivity index (χ4v) is 1.23. The number of rotatable bonds is 6. The Morgan fingerprint density at radius 2 is 1.93 bits per heavy atom. The average Bonchev–Trinajstić information content (AvgIpc) is 2.14. The van der Waals surface area contributed by atoms with Gasteiger partial charge >= 0.3 is 0 Å². The maximum absolute atomic E-state index is 4.21. The van der Waals surface area contributed by atoms with Gasteiger partial charge in [-0.3, -0.25) is 4.99 Å². The molecule has 0 aliphatic rings. The third-order valence-corrected chi connectivity index (χ3v) is 2.73. The second-order valence-electron chi connectivity index (χ2n) is 4.35. The van der Waals surface area contributed by atoms with Gasteiger partial charge in [-0.2, -0.15) is 0 Å². The zero-order valence-corrected chi connectivity index (χ0v) is 10.2. The summed E-state index contributed by atoms with van der Waals surface area (Å²) in [5.74, 6) is 1.62. The fraction of sp³-hybridized carbons (Fsp3) is 0.833. The molecule has 2 nitrogen and oxygen atoms in total. The van der Waals surface area contributed by atoms with Crippen molar-refractivity contribution in [3.63, 3.8) is 0 Å². The summed E-state index contributed by atoms with van der Waals surface area (Å²) in [6.45, 7) is 8.97. The van der Waals surface area contributed by atoms with Crippen LogP contribution in [0.2, 0.25) is 0 Å². The largest absolute Gasteiger partial charge is 0.277 e. The molecule has 0 aromatic rings. The molecule has 14 heavy (non-hydrogen) atoms. The lowest BCUT2D eigenvalue weighted by Crippen LogP contribution is -2.04. The van der Waals surface area contributed by atoms with Crippen LogP contribution in [0.3, 0.4) is 0 Å². The molecule has 0 radical (unpaired) electrons. The first-order valence-corrected chi connectivity index (χ1v) is 5.51. The van der Waals surface area contributed by atoms with Crippen LogP contribution in [0.15, 0.2) is 9.98 Å². The summed E-state index contributed by atoms with van der Waals surface area (Å²) >= 11 is 0. The van der Waals surface area contributed by atoms with Gasteiger partial charge in [-0.25, -0.2) is 4.99 Å². The van der Waals surface area contributed by atoms with Crippen LogP contribution in [-0.4, -0.2) is 19.1 Å². The Bertz CT molecular complexity index is 192. The minimum atomic E-state index is 0.796. The van der Waals surface area contributed by atoms with E-state index in [0.29, 0.717) is 0 Å². The maximum atomic E-state index is 4.21. The zero-order chi connectivity index (χ0) is 11.0. The molecule has 0 aromatic heterocycles. The van der Waals surface area contributed by atoms with E-state index in [9.17, 15) is 0 Å². The average molecular weight is 196 g/mol. The van der Waals surface area contributed by atoms with E-state index in [1.54, 1.807) is 13.4 Å². The van der Waals surface area contributed by atoms with Crippen LogP contribution in [0.4, 0.5) is 0 Å². The van der Waals surface area contributed by atoms with Crippen LogP contribution >= 0.6 is 0 Å². The second-order valence-corrected chi connectivity index (χ2v) is 4.35. The lowest BCUT2D eigenvalue weighted by atomic mass is 9.92. The molecule has 0 rings (SSSR count). The summed E-state index contributed by atoms with van der Waals surface area (Å²) in [5.41, 5.74) is 1.19. The van der Waals surface area contributed by atoms with Gasteiger partial charge in [0.05, 0.1) is 0 Å². The molecule has 0 spiro atoms. The number of hydrogen-bond acceptors (Lipinski definition) is 1. The van der Waals surface area contributed by atoms with Crippen molar-refractivity contribution < 1.29 is 0 Å². The van der Waals surface area contributed by atoms with E-state index < -0.39 is 0 Å². The summed E-state index contributed by atoms with van der Waals surface area (Å²) < 4.78 is 0. The van der Waals surface area contributed by atoms with Gasteiger partial charge in [0.25, 0.3) is 0 Å². The van der Waals surface area contributed by atoms with E-state index in [1.807, 2.05) is 0 Å². The van der Waals surface area contributed by atoms with Crippen LogP contribution in [0, 0.1) is 11.8 Å². The Balaban J connectivity index is 3.63. The van der Waals surface area contributed by atoms with Crippen LogP contribution in [0.25, 0.3) is 0 Å². The second kappa shape index (κ2) is 7.72. The molecular formula is C12H24N2. The normalized spacial score (nSPS) is 15.4. The monoisotopic (exact) mass is 196 g/mol. The fourth-order valence-electron chi connectivity index (χ4n) is 1.23. The van der Waals surface area contributed by atoms with Crippen molar-refractivity contribution in [3.05, 3.63) is 0 Å². The van der Waals surface area contributed by atoms with Gasteiger partial charge in [0.15, 0.2) is 0 Å². The van der Waals surface area contributed by atoms with Crippen molar-refractivity contribution in [1.29, 1.82) is 0 Å². The summed E-state index contributed by atoms with van der Waals surface area (Å²) in [7, 11) is 1.75. The standard InChI is InChI=1S/C12H24N2/c1-10(2)11(3)7-6-8-12(4)14-9-13-5/h9-11H,6-8H2,1-5H3. The predicted molar refractivity (Wildman–Crippen MR) is 65.4 cm³/mol. The third-order valence-electron chi connectivity index (χ3n) is 2.73. The van der Waals surface area contributed by atoms with Gasteiger partial charge in [-0.15, -0.1) is 0 Å². The number of nitrogens with zero attached hydrogens (tertiary/aromatic N) is 2. The van der Waals surface area contributed by atoms with E-state index in [2.05, 4.69) is 37.7 Å². The van der Waals surface area contributed by atoms with Crippen molar-refractivity contribution in [2.45, 2.75) is 47.0 Å². The van der Waals surface area contributed by atoms with Crippen molar-refractivity contribution in [1.82, 2.24) is 0 Å². The maximum Gasteiger partial charge on any atom is 0.109 e. The molecule has 0 N–H and O–H groups in total. The van der Waals surface area contributed by atoms with E-state index >= 15 is 0 Å². The Labute approximate surface area is 88.5 Å². The van der Waals surface area contributed by atoms with E-state index in [4.69, 9.17) is 0 Å². The predicted octanol–water partition coefficient (Wildman–Crippen LogP) is 3.57. The molecule has 1 unspecified atom stereocenters. The minimum Gasteiger partial charge on any atom is -0.277 e. The topological polar surface area (TPSA) is 24.7 Å². The van der Waals surface area contributed by atoms with Gasteiger partial charge in [0.1, 0.15) is 6.34 Å². The molecule has 0 aliphatic heterocycles. The van der Waals surface area contributed by atoms with Crippen LogP contribution in [0.5, 0.6) is 0 Å². The van der Waals surface area contributed by atoms with Gasteiger partial charge in [0.2, 0.25) is 0 Å². The molecule has 82 valence electrons. The van der Waals surface area contributed by atoms with Crippen molar-refractivity contribution in [2.75, 3.05) is 7.05 Å². The van der Waals surface area contributed by atoms with Gasteiger partial charge in [-0.1, -0.05) is 27.2 Å². The number of aliphatic imine (C=N–C) groups is 2. The summed E-state index contributed by atoms with van der Waals surface area (Å²) in [4.78, 5) is 8.04. The molecule has 0 saturated heterocycles. The molecule has 2 heteroatoms. The van der Waals surface area contributed by atoms with Crippen molar-refractivity contribution in [2.24, 2.45) is 21.8 Å². The van der Waals surface area contributed by atoms with Crippen molar-refractivity contribution >= 4 is 12.1 Å². The molecule has 0 amide bonds. The molecular weight excluding hydrogens is 172 g/mol. The Hall–Kier alpha value is -0.660. The molecule has 0 bridgehead atoms. The quantitative estimate of drug-likeness (QED) is 0.458. The smallest absolute Gasteiger partial charge is 0.109 e. The molecule has 1 atom stereocenters. The summed E-state index contributed by atoms with van der Waals surface area (Å²) in [6, 6.07) is 0. The lowest BCUT2D eigenvalue weighted by Gasteiger charge is -2.14. The Morgan fingerprint density at radius 3 is 2.43 bits per heavy atom. The highest BCUT2D eigenvalue weighted by atomic mass is 14.8. The third kappa shape index (κ3) is 6.81. The first kappa shape index (κ1) is 13.3. The Kier molecular flexibility index (Phi) is 7.35. The van der Waals surface area contributed by atoms with Crippen LogP contribution < -0.4 is 0 Å². The van der Waals surface area contributed by atoms with Gasteiger partial charge < -0.3 is 0 Å². The number of hydrogen-bond donors (Lipinski definition) is 0. The van der Waals surface area contributed by atoms with Crippen LogP contribution in [0.1, 0.15) is 47.0 Å². The van der Waals surface area contributed by atoms with Gasteiger partial charge in [0, 0.05) is 12.8 Å². The molecule has 0 heterocycles. The van der Waals surface area contributed by atoms with Crippen molar-refractivity contribution in [3.8, 4) is 0 Å². The SMILES string of the molecule is CN=CN=C(C)CCCC(C)C(C)C. The first-order valence-electron chi connectivity index (χ1n) is 5.51. The lowest BCUT2D eigenvalue weighted by molar-refractivity contribution is 0.385. The molecule has 0 aliphatic carbocycles. The molecule has 0 fully saturated rings. The Morgan fingerprint density at radius 1 is 1.29 bits per heavy atom. The highest BCUT2D eigenvalue weighted by Gasteiger charge is 2.06. The van der Waals surface area contributed by atoms with E-state index in [0.717, 1.165) is 18.3 Å². The summed E-state index contributed by atoms with van der Waals surface area (Å²) in [5, 5.41) is 0. The van der Waals surface area contributed by atoms with Gasteiger partial charge in [-0.05, 0) is 31.6 Å². The van der Waals surface area contributed by atoms with E-state index in [-0.39, 0.29) is 0 Å². The molecule has 0 aromatic carbocycles. The highest BCUT2D eigenvalue weighted by Crippen LogP contribution is 2.16. The van der Waals surface area contributed by atoms with Crippen LogP contribution in [-0.2, 0) is 0 Å². The van der Waals surface area contributed by atoms with E-state index in [1.165, 1.54) is 18.6 Å². The zero-order valence-electron chi connectivity index (χ0n) is 10.2. The highest BCUT2D eigenvalue weighted by molar-refractivity contribution is 5.88. The first-order chi connectivity index (χ1) is 6.57. The minimum absolute atomic E-state index is 0.796. The molecule has 0 saturated carbocycles. The summed E-state index contributed by atoms with van der Waals surface area (Å²) in [6.07, 6.45) is 5.27.